The number of nitrogens with zero attached hydrogens (tertiary/aromatic N) is 3. The quantitative estimate of drug-likeness (QED) is 0.698. The minimum Gasteiger partial charge on any atom is -0.306 e. The van der Waals surface area contributed by atoms with Gasteiger partial charge in [0.2, 0.25) is 0 Å². The molecule has 0 spiro atoms. The lowest BCUT2D eigenvalue weighted by Gasteiger charge is -2.28. The van der Waals surface area contributed by atoms with Gasteiger partial charge in [-0.1, -0.05) is 42.5 Å². The Morgan fingerprint density at radius 1 is 1.15 bits per heavy atom. The summed E-state index contributed by atoms with van der Waals surface area (Å²) in [6.07, 6.45) is 3.19. The number of aryl methyl sites for hydroxylation is 2. The molecule has 0 radical (unpaired) electrons. The predicted molar refractivity (Wildman–Crippen MR) is 109 cm³/mol. The second-order valence-corrected chi connectivity index (χ2v) is 7.92. The Bertz CT molecular complexity index is 979. The van der Waals surface area contributed by atoms with E-state index in [1.54, 1.807) is 0 Å². The van der Waals surface area contributed by atoms with Gasteiger partial charge in [-0.2, -0.15) is 0 Å². The van der Waals surface area contributed by atoms with E-state index in [-0.39, 0.29) is 0 Å². The number of rotatable bonds is 3. The van der Waals surface area contributed by atoms with Crippen LogP contribution < -0.4 is 0 Å². The van der Waals surface area contributed by atoms with Crippen molar-refractivity contribution in [3.05, 3.63) is 63.1 Å². The van der Waals surface area contributed by atoms with Gasteiger partial charge < -0.3 is 4.90 Å². The first-order valence-electron chi connectivity index (χ1n) is 9.37. The molecule has 0 unspecified atom stereocenters. The Morgan fingerprint density at radius 3 is 2.54 bits per heavy atom. The molecule has 1 aromatic carbocycles. The molecule has 1 aliphatic rings. The molecule has 1 N–H and O–H groups in total. The van der Waals surface area contributed by atoms with Gasteiger partial charge in [0, 0.05) is 28.9 Å². The van der Waals surface area contributed by atoms with Gasteiger partial charge in [0.25, 0.3) is 0 Å². The van der Waals surface area contributed by atoms with Crippen LogP contribution in [-0.2, 0) is 6.42 Å². The van der Waals surface area contributed by atoms with Crippen LogP contribution in [0.1, 0.15) is 46.8 Å². The van der Waals surface area contributed by atoms with Gasteiger partial charge in [-0.3, -0.25) is 5.10 Å². The van der Waals surface area contributed by atoms with Crippen LogP contribution in [0, 0.1) is 18.5 Å². The van der Waals surface area contributed by atoms with Crippen LogP contribution in [0.3, 0.4) is 0 Å². The Labute approximate surface area is 159 Å². The van der Waals surface area contributed by atoms with Crippen LogP contribution in [0.4, 0.5) is 0 Å². The van der Waals surface area contributed by atoms with Crippen LogP contribution in [0.15, 0.2) is 30.3 Å². The van der Waals surface area contributed by atoms with Crippen molar-refractivity contribution in [1.29, 1.82) is 0 Å². The molecule has 1 saturated heterocycles. The highest BCUT2D eigenvalue weighted by atomic mass is 32.1. The number of aromatic nitrogens is 3. The summed E-state index contributed by atoms with van der Waals surface area (Å²) in [5.41, 5.74) is 7.04. The fraction of sp³-hybridized carbons (Fsp3) is 0.429. The second-order valence-electron chi connectivity index (χ2n) is 7.53. The molecular formula is C21H26N4S. The molecule has 26 heavy (non-hydrogen) atoms. The lowest BCUT2D eigenvalue weighted by atomic mass is 9.89. The number of hydrogen-bond acceptors (Lipinski definition) is 3. The van der Waals surface area contributed by atoms with Gasteiger partial charge in [-0.25, -0.2) is 9.50 Å². The van der Waals surface area contributed by atoms with Gasteiger partial charge in [0.05, 0.1) is 0 Å². The smallest absolute Gasteiger partial charge is 0.158 e. The van der Waals surface area contributed by atoms with Crippen LogP contribution in [0.25, 0.3) is 5.65 Å². The summed E-state index contributed by atoms with van der Waals surface area (Å²) in [5, 5.41) is 3.49. The molecule has 0 aliphatic carbocycles. The first-order valence-corrected chi connectivity index (χ1v) is 9.78. The Morgan fingerprint density at radius 2 is 1.85 bits per heavy atom. The number of hydrogen-bond donors (Lipinski definition) is 1. The molecule has 3 heterocycles. The highest BCUT2D eigenvalue weighted by molar-refractivity contribution is 7.71. The van der Waals surface area contributed by atoms with Crippen molar-refractivity contribution < 1.29 is 0 Å². The monoisotopic (exact) mass is 366 g/mol. The first kappa shape index (κ1) is 17.4. The number of piperidine rings is 1. The lowest BCUT2D eigenvalue weighted by Crippen LogP contribution is -2.29. The molecule has 5 heteroatoms. The van der Waals surface area contributed by atoms with E-state index in [4.69, 9.17) is 17.2 Å². The molecule has 4 nitrogen and oxygen atoms in total. The van der Waals surface area contributed by atoms with Crippen molar-refractivity contribution in [3.8, 4) is 0 Å². The second kappa shape index (κ2) is 6.97. The SMILES string of the molecule is Cc1nc2c(C3CCN(C)CC3)c(C)[nH]n2c(=S)c1Cc1ccccc1. The van der Waals surface area contributed by atoms with Crippen molar-refractivity contribution in [1.82, 2.24) is 19.5 Å². The molecule has 0 bridgehead atoms. The lowest BCUT2D eigenvalue weighted by molar-refractivity contribution is 0.255. The third kappa shape index (κ3) is 3.10. The summed E-state index contributed by atoms with van der Waals surface area (Å²) in [7, 11) is 2.20. The Balaban J connectivity index is 1.78. The number of likely N-dealkylation sites (tertiary alicyclic amines) is 1. The predicted octanol–water partition coefficient (Wildman–Crippen LogP) is 4.41. The Kier molecular flexibility index (Phi) is 4.67. The van der Waals surface area contributed by atoms with E-state index in [1.165, 1.54) is 29.7 Å². The summed E-state index contributed by atoms with van der Waals surface area (Å²) in [6.45, 7) is 6.54. The molecule has 136 valence electrons. The number of H-pyrrole nitrogens is 1. The standard InChI is InChI=1S/C21H26N4S/c1-14-18(13-16-7-5-4-6-8-16)21(26)25-20(22-14)19(15(2)23-25)17-9-11-24(3)12-10-17/h4-8,17,23H,9-13H2,1-3H3. The molecule has 4 rings (SSSR count). The maximum absolute atomic E-state index is 5.86. The number of benzene rings is 1. The summed E-state index contributed by atoms with van der Waals surface area (Å²) in [5.74, 6) is 0.564. The maximum atomic E-state index is 5.86. The number of aromatic amines is 1. The molecule has 0 saturated carbocycles. The van der Waals surface area contributed by atoms with Crippen LogP contribution in [-0.4, -0.2) is 39.6 Å². The topological polar surface area (TPSA) is 36.3 Å². The third-order valence-corrected chi connectivity index (χ3v) is 6.09. The summed E-state index contributed by atoms with van der Waals surface area (Å²) < 4.78 is 2.89. The Hall–Kier alpha value is -1.98. The highest BCUT2D eigenvalue weighted by Gasteiger charge is 2.25. The number of fused-ring (bicyclic) bond motifs is 1. The van der Waals surface area contributed by atoms with E-state index >= 15 is 0 Å². The fourth-order valence-corrected chi connectivity index (χ4v) is 4.48. The normalized spacial score (nSPS) is 16.4. The molecule has 3 aromatic rings. The average Bonchev–Trinajstić information content (AvgIpc) is 2.96. The van der Waals surface area contributed by atoms with Crippen molar-refractivity contribution in [2.75, 3.05) is 20.1 Å². The molecular weight excluding hydrogens is 340 g/mol. The van der Waals surface area contributed by atoms with E-state index in [0.29, 0.717) is 5.92 Å². The largest absolute Gasteiger partial charge is 0.306 e. The van der Waals surface area contributed by atoms with E-state index in [0.717, 1.165) is 41.1 Å². The zero-order valence-corrected chi connectivity index (χ0v) is 16.6. The average molecular weight is 367 g/mol. The van der Waals surface area contributed by atoms with E-state index in [1.807, 2.05) is 10.6 Å². The van der Waals surface area contributed by atoms with Crippen molar-refractivity contribution in [2.45, 2.75) is 39.0 Å². The van der Waals surface area contributed by atoms with Crippen LogP contribution >= 0.6 is 12.2 Å². The summed E-state index contributed by atoms with van der Waals surface area (Å²) in [6, 6.07) is 10.5. The fourth-order valence-electron chi connectivity index (χ4n) is 4.13. The van der Waals surface area contributed by atoms with Crippen molar-refractivity contribution >= 4 is 17.9 Å². The zero-order valence-electron chi connectivity index (χ0n) is 15.7. The molecule has 1 fully saturated rings. The van der Waals surface area contributed by atoms with E-state index in [2.05, 4.69) is 55.2 Å². The third-order valence-electron chi connectivity index (χ3n) is 5.66. The minimum absolute atomic E-state index is 0.564. The molecule has 1 aliphatic heterocycles. The zero-order chi connectivity index (χ0) is 18.3. The van der Waals surface area contributed by atoms with Gasteiger partial charge >= 0.3 is 0 Å². The summed E-state index contributed by atoms with van der Waals surface area (Å²) in [4.78, 5) is 7.40. The maximum Gasteiger partial charge on any atom is 0.158 e. The van der Waals surface area contributed by atoms with Gasteiger partial charge in [-0.05, 0) is 58.3 Å². The van der Waals surface area contributed by atoms with Crippen molar-refractivity contribution in [2.24, 2.45) is 0 Å². The summed E-state index contributed by atoms with van der Waals surface area (Å²) >= 11 is 5.86. The van der Waals surface area contributed by atoms with E-state index in [9.17, 15) is 0 Å². The van der Waals surface area contributed by atoms with Crippen molar-refractivity contribution in [3.63, 3.8) is 0 Å². The number of nitrogens with one attached hydrogen (secondary N) is 1. The van der Waals surface area contributed by atoms with Crippen LogP contribution in [0.5, 0.6) is 0 Å². The molecule has 2 aromatic heterocycles. The molecule has 0 atom stereocenters. The van der Waals surface area contributed by atoms with Gasteiger partial charge in [-0.15, -0.1) is 0 Å². The molecule has 0 amide bonds. The highest BCUT2D eigenvalue weighted by Crippen LogP contribution is 2.33. The van der Waals surface area contributed by atoms with Crippen LogP contribution in [0.2, 0.25) is 0 Å². The van der Waals surface area contributed by atoms with Gasteiger partial charge in [0.15, 0.2) is 5.65 Å². The first-order chi connectivity index (χ1) is 12.5. The van der Waals surface area contributed by atoms with Gasteiger partial charge in [0.1, 0.15) is 4.64 Å². The van der Waals surface area contributed by atoms with E-state index < -0.39 is 0 Å². The minimum atomic E-state index is 0.564.